The van der Waals surface area contributed by atoms with Crippen molar-refractivity contribution in [3.8, 4) is 0 Å². The molecule has 0 saturated carbocycles. The number of carbonyl (C=O) groups is 1. The molecule has 0 atom stereocenters. The molecule has 0 fully saturated rings. The molecule has 0 spiro atoms. The van der Waals surface area contributed by atoms with Gasteiger partial charge >= 0.3 is 0 Å². The number of halogens is 2. The molecule has 0 aliphatic rings. The first-order valence-electron chi connectivity index (χ1n) is 6.62. The van der Waals surface area contributed by atoms with Gasteiger partial charge in [-0.05, 0) is 49.7 Å². The average Bonchev–Trinajstić information content (AvgIpc) is 2.43. The van der Waals surface area contributed by atoms with Crippen LogP contribution in [0.15, 0.2) is 40.9 Å². The zero-order valence-corrected chi connectivity index (χ0v) is 13.4. The summed E-state index contributed by atoms with van der Waals surface area (Å²) < 4.78 is 14.4. The highest BCUT2D eigenvalue weighted by Crippen LogP contribution is 2.23. The second-order valence-corrected chi connectivity index (χ2v) is 5.57. The first kappa shape index (κ1) is 15.5. The monoisotopic (exact) mass is 350 g/mol. The Morgan fingerprint density at radius 1 is 1.19 bits per heavy atom. The smallest absolute Gasteiger partial charge is 0.257 e. The maximum absolute atomic E-state index is 13.7. The molecule has 2 rings (SSSR count). The maximum atomic E-state index is 13.7. The van der Waals surface area contributed by atoms with Gasteiger partial charge in [0.1, 0.15) is 5.82 Å². The van der Waals surface area contributed by atoms with Crippen molar-refractivity contribution >= 4 is 33.2 Å². The summed E-state index contributed by atoms with van der Waals surface area (Å²) >= 11 is 3.26. The Kier molecular flexibility index (Phi) is 4.96. The molecule has 1 amide bonds. The fourth-order valence-corrected chi connectivity index (χ4v) is 2.34. The Balaban J connectivity index is 2.30. The number of aryl methyl sites for hydroxylation is 1. The lowest BCUT2D eigenvalue weighted by Crippen LogP contribution is -2.15. The van der Waals surface area contributed by atoms with Gasteiger partial charge in [-0.1, -0.05) is 22.0 Å². The third kappa shape index (κ3) is 3.82. The van der Waals surface area contributed by atoms with Crippen LogP contribution in [0.5, 0.6) is 0 Å². The predicted molar refractivity (Wildman–Crippen MR) is 87.4 cm³/mol. The Morgan fingerprint density at radius 3 is 2.67 bits per heavy atom. The number of hydrogen-bond donors (Lipinski definition) is 2. The molecule has 110 valence electrons. The van der Waals surface area contributed by atoms with Crippen molar-refractivity contribution in [2.75, 3.05) is 17.2 Å². The maximum Gasteiger partial charge on any atom is 0.257 e. The van der Waals surface area contributed by atoms with Gasteiger partial charge in [0.15, 0.2) is 0 Å². The molecular formula is C16H16BrFN2O. The number of nitrogens with one attached hydrogen (secondary N) is 2. The van der Waals surface area contributed by atoms with Crippen LogP contribution in [0.1, 0.15) is 22.8 Å². The first-order valence-corrected chi connectivity index (χ1v) is 7.41. The SMILES string of the molecule is CCNc1cc(C)ccc1C(=O)Nc1cc(Br)ccc1F. The van der Waals surface area contributed by atoms with Gasteiger partial charge in [-0.3, -0.25) is 4.79 Å². The van der Waals surface area contributed by atoms with Crippen LogP contribution in [0.3, 0.4) is 0 Å². The van der Waals surface area contributed by atoms with Gasteiger partial charge in [-0.2, -0.15) is 0 Å². The van der Waals surface area contributed by atoms with Crippen LogP contribution >= 0.6 is 15.9 Å². The quantitative estimate of drug-likeness (QED) is 0.847. The number of carbonyl (C=O) groups excluding carboxylic acids is 1. The Hall–Kier alpha value is -1.88. The van der Waals surface area contributed by atoms with Gasteiger partial charge in [0.2, 0.25) is 0 Å². The van der Waals surface area contributed by atoms with E-state index >= 15 is 0 Å². The molecule has 5 heteroatoms. The van der Waals surface area contributed by atoms with Crippen LogP contribution in [0, 0.1) is 12.7 Å². The molecule has 0 bridgehead atoms. The van der Waals surface area contributed by atoms with Crippen LogP contribution in [0.25, 0.3) is 0 Å². The number of rotatable bonds is 4. The fourth-order valence-electron chi connectivity index (χ4n) is 1.98. The standard InChI is InChI=1S/C16H16BrFN2O/c1-3-19-14-8-10(2)4-6-12(14)16(21)20-15-9-11(17)5-7-13(15)18/h4-9,19H,3H2,1-2H3,(H,20,21). The van der Waals surface area contributed by atoms with Gasteiger partial charge in [0.25, 0.3) is 5.91 Å². The lowest BCUT2D eigenvalue weighted by Gasteiger charge is -2.12. The second kappa shape index (κ2) is 6.72. The van der Waals surface area contributed by atoms with Crippen LogP contribution in [-0.2, 0) is 0 Å². The van der Waals surface area contributed by atoms with Crippen LogP contribution in [-0.4, -0.2) is 12.5 Å². The van der Waals surface area contributed by atoms with E-state index in [0.717, 1.165) is 11.3 Å². The van der Waals surface area contributed by atoms with Crippen molar-refractivity contribution in [3.05, 3.63) is 57.8 Å². The fraction of sp³-hybridized carbons (Fsp3) is 0.188. The highest BCUT2D eigenvalue weighted by atomic mass is 79.9. The minimum atomic E-state index is -0.469. The lowest BCUT2D eigenvalue weighted by atomic mass is 10.1. The van der Waals surface area contributed by atoms with E-state index in [9.17, 15) is 9.18 Å². The summed E-state index contributed by atoms with van der Waals surface area (Å²) in [7, 11) is 0. The predicted octanol–water partition coefficient (Wildman–Crippen LogP) is 4.58. The molecule has 2 N–H and O–H groups in total. The normalized spacial score (nSPS) is 10.3. The van der Waals surface area contributed by atoms with Gasteiger partial charge in [0, 0.05) is 16.7 Å². The van der Waals surface area contributed by atoms with Crippen molar-refractivity contribution in [1.82, 2.24) is 0 Å². The van der Waals surface area contributed by atoms with E-state index in [1.807, 2.05) is 26.0 Å². The molecular weight excluding hydrogens is 335 g/mol. The van der Waals surface area contributed by atoms with E-state index in [2.05, 4.69) is 26.6 Å². The topological polar surface area (TPSA) is 41.1 Å². The lowest BCUT2D eigenvalue weighted by molar-refractivity contribution is 0.102. The highest BCUT2D eigenvalue weighted by molar-refractivity contribution is 9.10. The van der Waals surface area contributed by atoms with Crippen molar-refractivity contribution in [2.45, 2.75) is 13.8 Å². The number of amides is 1. The first-order chi connectivity index (χ1) is 10.0. The molecule has 2 aromatic rings. The third-order valence-electron chi connectivity index (χ3n) is 2.96. The van der Waals surface area contributed by atoms with E-state index in [0.29, 0.717) is 16.6 Å². The number of benzene rings is 2. The molecule has 21 heavy (non-hydrogen) atoms. The van der Waals surface area contributed by atoms with Crippen molar-refractivity contribution in [2.24, 2.45) is 0 Å². The minimum Gasteiger partial charge on any atom is -0.385 e. The van der Waals surface area contributed by atoms with Crippen molar-refractivity contribution in [3.63, 3.8) is 0 Å². The van der Waals surface area contributed by atoms with Gasteiger partial charge < -0.3 is 10.6 Å². The third-order valence-corrected chi connectivity index (χ3v) is 3.46. The number of anilines is 2. The van der Waals surface area contributed by atoms with E-state index in [-0.39, 0.29) is 11.6 Å². The molecule has 0 unspecified atom stereocenters. The summed E-state index contributed by atoms with van der Waals surface area (Å²) in [5, 5.41) is 5.75. The average molecular weight is 351 g/mol. The molecule has 0 heterocycles. The largest absolute Gasteiger partial charge is 0.385 e. The molecule has 0 aromatic heterocycles. The summed E-state index contributed by atoms with van der Waals surface area (Å²) in [4.78, 5) is 12.4. The summed E-state index contributed by atoms with van der Waals surface area (Å²) in [5.74, 6) is -0.813. The summed E-state index contributed by atoms with van der Waals surface area (Å²) in [6.45, 7) is 4.61. The Morgan fingerprint density at radius 2 is 1.95 bits per heavy atom. The van der Waals surface area contributed by atoms with E-state index < -0.39 is 5.82 Å². The van der Waals surface area contributed by atoms with Crippen LogP contribution in [0.2, 0.25) is 0 Å². The Labute approximate surface area is 131 Å². The molecule has 3 nitrogen and oxygen atoms in total. The summed E-state index contributed by atoms with van der Waals surface area (Å²) in [6, 6.07) is 9.91. The summed E-state index contributed by atoms with van der Waals surface area (Å²) in [6.07, 6.45) is 0. The molecule has 0 saturated heterocycles. The molecule has 0 radical (unpaired) electrons. The van der Waals surface area contributed by atoms with Gasteiger partial charge in [-0.15, -0.1) is 0 Å². The van der Waals surface area contributed by atoms with Crippen LogP contribution < -0.4 is 10.6 Å². The van der Waals surface area contributed by atoms with E-state index in [1.165, 1.54) is 12.1 Å². The minimum absolute atomic E-state index is 0.150. The molecule has 0 aliphatic carbocycles. The molecule has 2 aromatic carbocycles. The van der Waals surface area contributed by atoms with Gasteiger partial charge in [0.05, 0.1) is 11.3 Å². The zero-order chi connectivity index (χ0) is 15.4. The van der Waals surface area contributed by atoms with E-state index in [4.69, 9.17) is 0 Å². The van der Waals surface area contributed by atoms with Crippen molar-refractivity contribution < 1.29 is 9.18 Å². The molecule has 0 aliphatic heterocycles. The zero-order valence-electron chi connectivity index (χ0n) is 11.8. The van der Waals surface area contributed by atoms with Crippen molar-refractivity contribution in [1.29, 1.82) is 0 Å². The van der Waals surface area contributed by atoms with Gasteiger partial charge in [-0.25, -0.2) is 4.39 Å². The van der Waals surface area contributed by atoms with E-state index in [1.54, 1.807) is 12.1 Å². The summed E-state index contributed by atoms with van der Waals surface area (Å²) in [5.41, 5.74) is 2.43. The second-order valence-electron chi connectivity index (χ2n) is 4.66. The van der Waals surface area contributed by atoms with Crippen LogP contribution in [0.4, 0.5) is 15.8 Å². The highest BCUT2D eigenvalue weighted by Gasteiger charge is 2.13. The Bertz CT molecular complexity index is 673. The number of hydrogen-bond acceptors (Lipinski definition) is 2.